The van der Waals surface area contributed by atoms with Crippen molar-refractivity contribution in [3.05, 3.63) is 60.2 Å². The average Bonchev–Trinajstić information content (AvgIpc) is 3.31. The summed E-state index contributed by atoms with van der Waals surface area (Å²) < 4.78 is 0. The van der Waals surface area contributed by atoms with Gasteiger partial charge in [0.1, 0.15) is 5.69 Å². The summed E-state index contributed by atoms with van der Waals surface area (Å²) >= 11 is 0. The number of benzene rings is 1. The van der Waals surface area contributed by atoms with Gasteiger partial charge in [-0.15, -0.1) is 0 Å². The SMILES string of the molecule is O=C(c1cnccn1)N1CCC[C@H]1[C@H]1CCCN1Cc1ccccc1. The molecule has 0 spiro atoms. The Bertz CT molecular complexity index is 706. The molecule has 2 aliphatic heterocycles. The molecule has 130 valence electrons. The molecule has 2 aromatic rings. The van der Waals surface area contributed by atoms with Crippen molar-refractivity contribution in [1.29, 1.82) is 0 Å². The highest BCUT2D eigenvalue weighted by molar-refractivity contribution is 5.92. The molecule has 0 aliphatic carbocycles. The Morgan fingerprint density at radius 2 is 1.84 bits per heavy atom. The van der Waals surface area contributed by atoms with Crippen LogP contribution in [-0.4, -0.2) is 50.8 Å². The molecule has 25 heavy (non-hydrogen) atoms. The lowest BCUT2D eigenvalue weighted by Gasteiger charge is -2.35. The van der Waals surface area contributed by atoms with Crippen LogP contribution in [0.3, 0.4) is 0 Å². The van der Waals surface area contributed by atoms with Gasteiger partial charge >= 0.3 is 0 Å². The molecule has 0 unspecified atom stereocenters. The summed E-state index contributed by atoms with van der Waals surface area (Å²) in [5.74, 6) is 0.0298. The van der Waals surface area contributed by atoms with Crippen LogP contribution in [0.2, 0.25) is 0 Å². The third-order valence-corrected chi connectivity index (χ3v) is 5.43. The van der Waals surface area contributed by atoms with Crippen molar-refractivity contribution in [2.24, 2.45) is 0 Å². The molecule has 4 rings (SSSR count). The number of likely N-dealkylation sites (tertiary alicyclic amines) is 2. The Morgan fingerprint density at radius 3 is 2.64 bits per heavy atom. The van der Waals surface area contributed by atoms with Gasteiger partial charge in [0.25, 0.3) is 5.91 Å². The molecule has 1 aromatic heterocycles. The molecular weight excluding hydrogens is 312 g/mol. The summed E-state index contributed by atoms with van der Waals surface area (Å²) in [4.78, 5) is 25.7. The maximum atomic E-state index is 12.9. The third kappa shape index (κ3) is 3.42. The van der Waals surface area contributed by atoms with Gasteiger partial charge in [-0.3, -0.25) is 14.7 Å². The number of nitrogens with zero attached hydrogens (tertiary/aromatic N) is 4. The molecule has 0 saturated carbocycles. The summed E-state index contributed by atoms with van der Waals surface area (Å²) in [7, 11) is 0. The fourth-order valence-corrected chi connectivity index (χ4v) is 4.30. The first-order chi connectivity index (χ1) is 12.3. The number of hydrogen-bond donors (Lipinski definition) is 0. The molecule has 1 aromatic carbocycles. The topological polar surface area (TPSA) is 49.3 Å². The second-order valence-electron chi connectivity index (χ2n) is 6.96. The first-order valence-electron chi connectivity index (χ1n) is 9.18. The molecule has 0 bridgehead atoms. The summed E-state index contributed by atoms with van der Waals surface area (Å²) in [6.07, 6.45) is 9.32. The van der Waals surface area contributed by atoms with Crippen LogP contribution in [0, 0.1) is 0 Å². The molecule has 2 atom stereocenters. The van der Waals surface area contributed by atoms with Crippen molar-refractivity contribution in [2.45, 2.75) is 44.3 Å². The second-order valence-corrected chi connectivity index (χ2v) is 6.96. The lowest BCUT2D eigenvalue weighted by atomic mass is 10.0. The molecule has 5 heteroatoms. The summed E-state index contributed by atoms with van der Waals surface area (Å²) in [5.41, 5.74) is 1.81. The first-order valence-corrected chi connectivity index (χ1v) is 9.18. The van der Waals surface area contributed by atoms with Gasteiger partial charge < -0.3 is 4.90 Å². The largest absolute Gasteiger partial charge is 0.333 e. The van der Waals surface area contributed by atoms with Gasteiger partial charge in [-0.25, -0.2) is 4.98 Å². The Balaban J connectivity index is 1.50. The van der Waals surface area contributed by atoms with Gasteiger partial charge in [0.2, 0.25) is 0 Å². The minimum Gasteiger partial charge on any atom is -0.333 e. The van der Waals surface area contributed by atoms with Crippen molar-refractivity contribution in [2.75, 3.05) is 13.1 Å². The smallest absolute Gasteiger partial charge is 0.274 e. The first kappa shape index (κ1) is 16.2. The normalized spacial score (nSPS) is 23.9. The fraction of sp³-hybridized carbons (Fsp3) is 0.450. The fourth-order valence-electron chi connectivity index (χ4n) is 4.30. The van der Waals surface area contributed by atoms with Crippen molar-refractivity contribution in [3.8, 4) is 0 Å². The van der Waals surface area contributed by atoms with Crippen LogP contribution >= 0.6 is 0 Å². The van der Waals surface area contributed by atoms with E-state index in [1.807, 2.05) is 4.90 Å². The van der Waals surface area contributed by atoms with E-state index in [9.17, 15) is 4.79 Å². The number of carbonyl (C=O) groups excluding carboxylic acids is 1. The molecule has 5 nitrogen and oxygen atoms in total. The number of hydrogen-bond acceptors (Lipinski definition) is 4. The molecule has 0 N–H and O–H groups in total. The van der Waals surface area contributed by atoms with Gasteiger partial charge in [-0.2, -0.15) is 0 Å². The van der Waals surface area contributed by atoms with E-state index >= 15 is 0 Å². The molecule has 2 aliphatic rings. The Labute approximate surface area is 148 Å². The van der Waals surface area contributed by atoms with Gasteiger partial charge in [-0.05, 0) is 37.8 Å². The van der Waals surface area contributed by atoms with E-state index in [4.69, 9.17) is 0 Å². The number of aromatic nitrogens is 2. The number of rotatable bonds is 4. The van der Waals surface area contributed by atoms with E-state index in [1.54, 1.807) is 18.6 Å². The van der Waals surface area contributed by atoms with Crippen LogP contribution in [0.1, 0.15) is 41.7 Å². The van der Waals surface area contributed by atoms with Gasteiger partial charge in [-0.1, -0.05) is 30.3 Å². The minimum atomic E-state index is 0.0298. The van der Waals surface area contributed by atoms with E-state index in [-0.39, 0.29) is 5.91 Å². The van der Waals surface area contributed by atoms with E-state index in [0.29, 0.717) is 17.8 Å². The third-order valence-electron chi connectivity index (χ3n) is 5.43. The predicted octanol–water partition coefficient (Wildman–Crippen LogP) is 2.75. The van der Waals surface area contributed by atoms with Crippen LogP contribution < -0.4 is 0 Å². The second kappa shape index (κ2) is 7.31. The molecule has 2 fully saturated rings. The Hall–Kier alpha value is -2.27. The maximum absolute atomic E-state index is 12.9. The molecule has 2 saturated heterocycles. The highest BCUT2D eigenvalue weighted by Crippen LogP contribution is 2.31. The lowest BCUT2D eigenvalue weighted by molar-refractivity contribution is 0.0633. The molecule has 1 amide bonds. The number of carbonyl (C=O) groups is 1. The van der Waals surface area contributed by atoms with Gasteiger partial charge in [0.15, 0.2) is 0 Å². The highest BCUT2D eigenvalue weighted by atomic mass is 16.2. The zero-order chi connectivity index (χ0) is 17.1. The van der Waals surface area contributed by atoms with Crippen molar-refractivity contribution in [3.63, 3.8) is 0 Å². The highest BCUT2D eigenvalue weighted by Gasteiger charge is 2.40. The minimum absolute atomic E-state index is 0.0298. The molecular formula is C20H24N4O. The van der Waals surface area contributed by atoms with E-state index in [2.05, 4.69) is 45.2 Å². The van der Waals surface area contributed by atoms with Gasteiger partial charge in [0.05, 0.1) is 6.20 Å². The van der Waals surface area contributed by atoms with Crippen LogP contribution in [0.4, 0.5) is 0 Å². The van der Waals surface area contributed by atoms with Crippen LogP contribution in [-0.2, 0) is 6.54 Å². The Morgan fingerprint density at radius 1 is 1.04 bits per heavy atom. The van der Waals surface area contributed by atoms with Crippen molar-refractivity contribution < 1.29 is 4.79 Å². The summed E-state index contributed by atoms with van der Waals surface area (Å²) in [6.45, 7) is 2.91. The van der Waals surface area contributed by atoms with Gasteiger partial charge in [0, 0.05) is 37.6 Å². The summed E-state index contributed by atoms with van der Waals surface area (Å²) in [6, 6.07) is 11.4. The predicted molar refractivity (Wildman–Crippen MR) is 96.0 cm³/mol. The van der Waals surface area contributed by atoms with Crippen molar-refractivity contribution in [1.82, 2.24) is 19.8 Å². The average molecular weight is 336 g/mol. The zero-order valence-corrected chi connectivity index (χ0v) is 14.4. The monoisotopic (exact) mass is 336 g/mol. The van der Waals surface area contributed by atoms with Crippen LogP contribution in [0.25, 0.3) is 0 Å². The zero-order valence-electron chi connectivity index (χ0n) is 14.4. The quantitative estimate of drug-likeness (QED) is 0.861. The van der Waals surface area contributed by atoms with Crippen LogP contribution in [0.5, 0.6) is 0 Å². The van der Waals surface area contributed by atoms with E-state index in [1.165, 1.54) is 18.4 Å². The Kier molecular flexibility index (Phi) is 4.74. The van der Waals surface area contributed by atoms with E-state index in [0.717, 1.165) is 32.5 Å². The maximum Gasteiger partial charge on any atom is 0.274 e. The van der Waals surface area contributed by atoms with Crippen LogP contribution in [0.15, 0.2) is 48.9 Å². The van der Waals surface area contributed by atoms with E-state index < -0.39 is 0 Å². The van der Waals surface area contributed by atoms with Crippen molar-refractivity contribution >= 4 is 5.91 Å². The number of amides is 1. The molecule has 3 heterocycles. The standard InChI is InChI=1S/C20H24N4O/c25-20(17-14-21-10-11-22-17)24-13-5-9-19(24)18-8-4-12-23(18)15-16-6-2-1-3-7-16/h1-3,6-7,10-11,14,18-19H,4-5,8-9,12-13,15H2/t18-,19+/m1/s1. The molecule has 0 radical (unpaired) electrons. The summed E-state index contributed by atoms with van der Waals surface area (Å²) in [5, 5.41) is 0. The lowest BCUT2D eigenvalue weighted by Crippen LogP contribution is -2.48.